The molecule has 0 spiro atoms. The Hall–Kier alpha value is -4.40. The van der Waals surface area contributed by atoms with Crippen LogP contribution in [0.25, 0.3) is 6.08 Å². The summed E-state index contributed by atoms with van der Waals surface area (Å²) in [4.78, 5) is 28.4. The Morgan fingerprint density at radius 3 is 2.71 bits per heavy atom. The average molecular weight is 414 g/mol. The van der Waals surface area contributed by atoms with Gasteiger partial charge in [0.25, 0.3) is 0 Å². The molecule has 7 heteroatoms. The number of hydrogen-bond donors (Lipinski definition) is 1. The zero-order valence-corrected chi connectivity index (χ0v) is 16.7. The van der Waals surface area contributed by atoms with Gasteiger partial charge in [-0.05, 0) is 48.1 Å². The lowest BCUT2D eigenvalue weighted by Crippen LogP contribution is -2.14. The summed E-state index contributed by atoms with van der Waals surface area (Å²) in [6, 6.07) is 15.6. The van der Waals surface area contributed by atoms with Gasteiger partial charge < -0.3 is 9.26 Å². The Morgan fingerprint density at radius 2 is 1.94 bits per heavy atom. The van der Waals surface area contributed by atoms with Crippen molar-refractivity contribution in [1.82, 2.24) is 5.16 Å². The van der Waals surface area contributed by atoms with E-state index in [2.05, 4.69) is 46.6 Å². The molecule has 0 radical (unpaired) electrons. The lowest BCUT2D eigenvalue weighted by Gasteiger charge is -2.06. The van der Waals surface area contributed by atoms with Crippen LogP contribution in [0.2, 0.25) is 0 Å². The van der Waals surface area contributed by atoms with Crippen molar-refractivity contribution in [3.63, 3.8) is 0 Å². The number of amides is 1. The second-order valence-corrected chi connectivity index (χ2v) is 6.51. The largest absolute Gasteiger partial charge is 0.444 e. The molecule has 0 saturated carbocycles. The van der Waals surface area contributed by atoms with Crippen LogP contribution in [0, 0.1) is 18.8 Å². The van der Waals surface area contributed by atoms with Gasteiger partial charge in [-0.1, -0.05) is 59.6 Å². The number of rotatable bonds is 3. The molecule has 2 aromatic carbocycles. The fourth-order valence-corrected chi connectivity index (χ4v) is 2.93. The Balaban J connectivity index is 0.000000858. The standard InChI is InChI=1S/C23H18N2O3.CO2/c1-16-22(24-23(26)27-15-18-6-3-2-4-7-18)21(28-25-16)13-11-17-10-12-19-8-5-9-20(19)14-17;2-1-3/h2-8,10,12,14H,9,15H2,1H3,(H,24,26);. The highest BCUT2D eigenvalue weighted by Crippen LogP contribution is 2.22. The number of nitrogens with one attached hydrogen (secondary N) is 1. The number of fused-ring (bicyclic) bond motifs is 1. The molecule has 4 rings (SSSR count). The molecule has 31 heavy (non-hydrogen) atoms. The summed E-state index contributed by atoms with van der Waals surface area (Å²) < 4.78 is 10.5. The molecular weight excluding hydrogens is 396 g/mol. The molecule has 1 amide bonds. The Kier molecular flexibility index (Phi) is 7.15. The maximum atomic E-state index is 12.1. The van der Waals surface area contributed by atoms with E-state index >= 15 is 0 Å². The summed E-state index contributed by atoms with van der Waals surface area (Å²) >= 11 is 0. The molecule has 0 aliphatic heterocycles. The van der Waals surface area contributed by atoms with Gasteiger partial charge in [0.15, 0.2) is 0 Å². The number of nitrogens with zero attached hydrogens (tertiary/aromatic N) is 1. The maximum absolute atomic E-state index is 12.1. The fourth-order valence-electron chi connectivity index (χ4n) is 2.93. The lowest BCUT2D eigenvalue weighted by atomic mass is 10.1. The second-order valence-electron chi connectivity index (χ2n) is 6.51. The minimum absolute atomic E-state index is 0.182. The number of benzene rings is 2. The molecule has 7 nitrogen and oxygen atoms in total. The summed E-state index contributed by atoms with van der Waals surface area (Å²) in [5.74, 6) is 6.32. The van der Waals surface area contributed by atoms with Crippen LogP contribution in [0.1, 0.15) is 33.7 Å². The van der Waals surface area contributed by atoms with Gasteiger partial charge in [0, 0.05) is 5.56 Å². The topological polar surface area (TPSA) is 98.5 Å². The molecule has 0 bridgehead atoms. The van der Waals surface area contributed by atoms with Crippen molar-refractivity contribution in [2.24, 2.45) is 0 Å². The van der Waals surface area contributed by atoms with Crippen LogP contribution in [-0.4, -0.2) is 17.4 Å². The van der Waals surface area contributed by atoms with Gasteiger partial charge in [-0.3, -0.25) is 5.32 Å². The second kappa shape index (κ2) is 10.4. The molecule has 3 aromatic rings. The number of hydrogen-bond acceptors (Lipinski definition) is 6. The van der Waals surface area contributed by atoms with Crippen molar-refractivity contribution in [2.45, 2.75) is 20.0 Å². The quantitative estimate of drug-likeness (QED) is 0.648. The smallest absolute Gasteiger partial charge is 0.412 e. The lowest BCUT2D eigenvalue weighted by molar-refractivity contribution is -0.191. The van der Waals surface area contributed by atoms with Crippen molar-refractivity contribution in [2.75, 3.05) is 5.32 Å². The maximum Gasteiger partial charge on any atom is 0.412 e. The number of carbonyl (C=O) groups excluding carboxylic acids is 3. The highest BCUT2D eigenvalue weighted by atomic mass is 16.5. The third kappa shape index (κ3) is 5.80. The highest BCUT2D eigenvalue weighted by molar-refractivity contribution is 5.86. The van der Waals surface area contributed by atoms with Crippen LogP contribution in [-0.2, 0) is 27.4 Å². The van der Waals surface area contributed by atoms with E-state index < -0.39 is 6.09 Å². The van der Waals surface area contributed by atoms with Gasteiger partial charge >= 0.3 is 12.2 Å². The molecule has 1 aliphatic carbocycles. The monoisotopic (exact) mass is 414 g/mol. The molecule has 154 valence electrons. The number of aryl methyl sites for hydroxylation is 1. The van der Waals surface area contributed by atoms with Gasteiger partial charge in [0.2, 0.25) is 5.76 Å². The third-order valence-electron chi connectivity index (χ3n) is 4.40. The van der Waals surface area contributed by atoms with Crippen LogP contribution in [0.4, 0.5) is 10.5 Å². The summed E-state index contributed by atoms with van der Waals surface area (Å²) in [6.45, 7) is 1.92. The molecule has 1 N–H and O–H groups in total. The van der Waals surface area contributed by atoms with Crippen LogP contribution in [0.5, 0.6) is 0 Å². The van der Waals surface area contributed by atoms with Gasteiger partial charge in [-0.15, -0.1) is 0 Å². The first-order valence-electron chi connectivity index (χ1n) is 9.35. The third-order valence-corrected chi connectivity index (χ3v) is 4.40. The summed E-state index contributed by atoms with van der Waals surface area (Å²) in [7, 11) is 0. The Labute approximate surface area is 178 Å². The van der Waals surface area contributed by atoms with Gasteiger partial charge in [0.1, 0.15) is 18.0 Å². The molecule has 1 aliphatic rings. The van der Waals surface area contributed by atoms with E-state index in [0.717, 1.165) is 17.5 Å². The predicted octanol–water partition coefficient (Wildman–Crippen LogP) is 4.12. The molecule has 1 aromatic heterocycles. The molecular formula is C24H18N2O5. The van der Waals surface area contributed by atoms with E-state index in [4.69, 9.17) is 18.8 Å². The highest BCUT2D eigenvalue weighted by Gasteiger charge is 2.15. The van der Waals surface area contributed by atoms with E-state index in [-0.39, 0.29) is 12.8 Å². The Morgan fingerprint density at radius 1 is 1.16 bits per heavy atom. The molecule has 0 atom stereocenters. The average Bonchev–Trinajstić information content (AvgIpc) is 3.38. The molecule has 0 unspecified atom stereocenters. The zero-order chi connectivity index (χ0) is 22.1. The van der Waals surface area contributed by atoms with Crippen LogP contribution >= 0.6 is 0 Å². The molecule has 0 saturated heterocycles. The molecule has 1 heterocycles. The van der Waals surface area contributed by atoms with Gasteiger partial charge in [-0.2, -0.15) is 9.59 Å². The minimum Gasteiger partial charge on any atom is -0.444 e. The SMILES string of the molecule is Cc1noc(C#Cc2ccc3c(c2)CC=C3)c1NC(=O)OCc1ccccc1.O=C=O. The number of allylic oxidation sites excluding steroid dienone is 1. The van der Waals surface area contributed by atoms with Crippen LogP contribution in [0.15, 0.2) is 59.1 Å². The number of aromatic nitrogens is 1. The van der Waals surface area contributed by atoms with E-state index in [0.29, 0.717) is 17.1 Å². The Bertz CT molecular complexity index is 1190. The molecule has 0 fully saturated rings. The van der Waals surface area contributed by atoms with E-state index in [9.17, 15) is 4.79 Å². The van der Waals surface area contributed by atoms with Crippen molar-refractivity contribution in [1.29, 1.82) is 0 Å². The van der Waals surface area contributed by atoms with Crippen molar-refractivity contribution >= 4 is 24.0 Å². The summed E-state index contributed by atoms with van der Waals surface area (Å²) in [5.41, 5.74) is 5.24. The van der Waals surface area contributed by atoms with E-state index in [1.54, 1.807) is 6.92 Å². The van der Waals surface area contributed by atoms with Gasteiger partial charge in [0.05, 0.1) is 0 Å². The van der Waals surface area contributed by atoms with Crippen molar-refractivity contribution in [3.8, 4) is 11.8 Å². The van der Waals surface area contributed by atoms with Crippen molar-refractivity contribution in [3.05, 3.63) is 88.3 Å². The van der Waals surface area contributed by atoms with Crippen LogP contribution < -0.4 is 5.32 Å². The minimum atomic E-state index is -0.582. The number of anilines is 1. The zero-order valence-electron chi connectivity index (χ0n) is 16.7. The summed E-state index contributed by atoms with van der Waals surface area (Å²) in [6.07, 6.45) is 4.83. The number of carbonyl (C=O) groups is 1. The normalized spacial score (nSPS) is 10.6. The van der Waals surface area contributed by atoms with Crippen LogP contribution in [0.3, 0.4) is 0 Å². The first-order valence-corrected chi connectivity index (χ1v) is 9.35. The fraction of sp³-hybridized carbons (Fsp3) is 0.125. The first-order chi connectivity index (χ1) is 15.1. The van der Waals surface area contributed by atoms with Gasteiger partial charge in [-0.25, -0.2) is 4.79 Å². The predicted molar refractivity (Wildman–Crippen MR) is 112 cm³/mol. The van der Waals surface area contributed by atoms with Crippen molar-refractivity contribution < 1.29 is 23.6 Å². The number of ether oxygens (including phenoxy) is 1. The van der Waals surface area contributed by atoms with E-state index in [1.165, 1.54) is 11.1 Å². The van der Waals surface area contributed by atoms with E-state index in [1.807, 2.05) is 36.4 Å². The first kappa shape index (κ1) is 21.3. The summed E-state index contributed by atoms with van der Waals surface area (Å²) in [5, 5.41) is 6.58.